The van der Waals surface area contributed by atoms with E-state index in [0.29, 0.717) is 5.75 Å². The molecule has 2 aromatic carbocycles. The van der Waals surface area contributed by atoms with Gasteiger partial charge < -0.3 is 10.0 Å². The number of hydrogen-bond acceptors (Lipinski definition) is 3. The minimum Gasteiger partial charge on any atom is -0.508 e. The first-order valence-electron chi connectivity index (χ1n) is 8.13. The fraction of sp³-hybridized carbons (Fsp3) is 0.250. The van der Waals surface area contributed by atoms with E-state index >= 15 is 0 Å². The number of fused-ring (bicyclic) bond motifs is 3. The third kappa shape index (κ3) is 2.92. The smallest absolute Gasteiger partial charge is 0.116 e. The van der Waals surface area contributed by atoms with Crippen molar-refractivity contribution in [3.63, 3.8) is 0 Å². The average molecular weight is 341 g/mol. The number of pyridine rings is 1. The third-order valence-corrected chi connectivity index (χ3v) is 4.71. The van der Waals surface area contributed by atoms with Crippen LogP contribution in [-0.2, 0) is 12.8 Å². The molecule has 0 spiro atoms. The summed E-state index contributed by atoms with van der Waals surface area (Å²) in [5.41, 5.74) is 6.03. The van der Waals surface area contributed by atoms with Gasteiger partial charge in [0.1, 0.15) is 5.75 Å². The van der Waals surface area contributed by atoms with Crippen LogP contribution in [0.15, 0.2) is 48.5 Å². The minimum atomic E-state index is 0. The van der Waals surface area contributed by atoms with E-state index in [1.807, 2.05) is 12.1 Å². The lowest BCUT2D eigenvalue weighted by Gasteiger charge is -2.21. The maximum absolute atomic E-state index is 9.88. The highest BCUT2D eigenvalue weighted by Gasteiger charge is 2.24. The van der Waals surface area contributed by atoms with Crippen LogP contribution < -0.4 is 4.90 Å². The fourth-order valence-electron chi connectivity index (χ4n) is 3.54. The molecule has 0 aliphatic carbocycles. The van der Waals surface area contributed by atoms with Crippen LogP contribution in [0.25, 0.3) is 10.9 Å². The van der Waals surface area contributed by atoms with Gasteiger partial charge in [-0.05, 0) is 49.1 Å². The molecule has 1 N–H and O–H groups in total. The number of phenols is 1. The van der Waals surface area contributed by atoms with E-state index in [0.717, 1.165) is 42.5 Å². The summed E-state index contributed by atoms with van der Waals surface area (Å²) in [6.45, 7) is 4.11. The van der Waals surface area contributed by atoms with Gasteiger partial charge in [0.25, 0.3) is 0 Å². The predicted octanol–water partition coefficient (Wildman–Crippen LogP) is 4.28. The quantitative estimate of drug-likeness (QED) is 0.773. The van der Waals surface area contributed by atoms with Gasteiger partial charge in [-0.3, -0.25) is 4.98 Å². The molecule has 24 heavy (non-hydrogen) atoms. The summed E-state index contributed by atoms with van der Waals surface area (Å²) in [4.78, 5) is 7.15. The van der Waals surface area contributed by atoms with Crippen LogP contribution in [0.5, 0.6) is 5.75 Å². The van der Waals surface area contributed by atoms with Crippen LogP contribution in [-0.4, -0.2) is 23.2 Å². The molecule has 0 atom stereocenters. The van der Waals surface area contributed by atoms with E-state index in [1.165, 1.54) is 16.8 Å². The number of phenolic OH excluding ortho intramolecular Hbond substituents is 1. The van der Waals surface area contributed by atoms with Gasteiger partial charge in [-0.1, -0.05) is 30.3 Å². The fourth-order valence-corrected chi connectivity index (χ4v) is 3.54. The lowest BCUT2D eigenvalue weighted by atomic mass is 10.1. The molecule has 0 saturated heterocycles. The lowest BCUT2D eigenvalue weighted by Crippen LogP contribution is -2.23. The number of benzene rings is 2. The van der Waals surface area contributed by atoms with Crippen molar-refractivity contribution in [2.75, 3.05) is 18.0 Å². The Hall–Kier alpha value is -2.26. The number of anilines is 1. The Kier molecular flexibility index (Phi) is 4.63. The van der Waals surface area contributed by atoms with E-state index in [1.54, 1.807) is 6.07 Å². The van der Waals surface area contributed by atoms with Gasteiger partial charge in [0.2, 0.25) is 0 Å². The van der Waals surface area contributed by atoms with Crippen molar-refractivity contribution in [3.05, 3.63) is 65.4 Å². The lowest BCUT2D eigenvalue weighted by molar-refractivity contribution is 0.476. The molecule has 3 nitrogen and oxygen atoms in total. The summed E-state index contributed by atoms with van der Waals surface area (Å²) in [6, 6.07) is 16.1. The average Bonchev–Trinajstić information content (AvgIpc) is 3.00. The highest BCUT2D eigenvalue weighted by Crippen LogP contribution is 2.37. The van der Waals surface area contributed by atoms with E-state index in [2.05, 4.69) is 42.2 Å². The van der Waals surface area contributed by atoms with Gasteiger partial charge in [0, 0.05) is 24.2 Å². The largest absolute Gasteiger partial charge is 0.508 e. The van der Waals surface area contributed by atoms with E-state index < -0.39 is 0 Å². The third-order valence-electron chi connectivity index (χ3n) is 4.71. The van der Waals surface area contributed by atoms with Crippen molar-refractivity contribution in [2.24, 2.45) is 0 Å². The molecule has 3 aromatic rings. The summed E-state index contributed by atoms with van der Waals surface area (Å²) in [5.74, 6) is 0.306. The van der Waals surface area contributed by atoms with Crippen LogP contribution in [0.4, 0.5) is 5.69 Å². The molecule has 0 bridgehead atoms. The summed E-state index contributed by atoms with van der Waals surface area (Å²) >= 11 is 0. The van der Waals surface area contributed by atoms with Crippen LogP contribution in [0.3, 0.4) is 0 Å². The van der Waals surface area contributed by atoms with Crippen molar-refractivity contribution >= 4 is 29.0 Å². The second-order valence-electron chi connectivity index (χ2n) is 6.20. The second kappa shape index (κ2) is 6.70. The normalized spacial score (nSPS) is 13.0. The van der Waals surface area contributed by atoms with Crippen LogP contribution in [0, 0.1) is 6.92 Å². The zero-order valence-corrected chi connectivity index (χ0v) is 14.5. The first-order valence-corrected chi connectivity index (χ1v) is 8.13. The van der Waals surface area contributed by atoms with E-state index in [9.17, 15) is 5.11 Å². The zero-order chi connectivity index (χ0) is 15.8. The van der Waals surface area contributed by atoms with E-state index in [-0.39, 0.29) is 12.4 Å². The summed E-state index contributed by atoms with van der Waals surface area (Å²) in [6.07, 6.45) is 2.07. The van der Waals surface area contributed by atoms with E-state index in [4.69, 9.17) is 4.98 Å². The maximum atomic E-state index is 9.88. The molecule has 0 radical (unpaired) electrons. The first kappa shape index (κ1) is 16.6. The molecule has 1 aliphatic heterocycles. The molecule has 0 saturated carbocycles. The minimum absolute atomic E-state index is 0. The summed E-state index contributed by atoms with van der Waals surface area (Å²) in [5, 5.41) is 10.9. The number of aromatic hydroxyl groups is 1. The molecule has 2 heterocycles. The standard InChI is InChI=1S/C20H20N2O.ClH/c1-14-17-10-12-22(11-9-15-5-3-2-4-6-15)20(17)18-13-16(23)7-8-19(18)21-14;/h2-8,13,23H,9-12H2,1H3;1H. The van der Waals surface area contributed by atoms with Crippen LogP contribution in [0.2, 0.25) is 0 Å². The van der Waals surface area contributed by atoms with Gasteiger partial charge in [0.15, 0.2) is 0 Å². The first-order chi connectivity index (χ1) is 11.2. The summed E-state index contributed by atoms with van der Waals surface area (Å²) in [7, 11) is 0. The van der Waals surface area contributed by atoms with Crippen molar-refractivity contribution < 1.29 is 5.11 Å². The van der Waals surface area contributed by atoms with Crippen molar-refractivity contribution in [1.82, 2.24) is 4.98 Å². The highest BCUT2D eigenvalue weighted by atomic mass is 35.5. The molecule has 1 aliphatic rings. The molecular weight excluding hydrogens is 320 g/mol. The SMILES string of the molecule is Cc1nc2ccc(O)cc2c2c1CCN2CCc1ccccc1.Cl. The Labute approximate surface area is 148 Å². The Morgan fingerprint density at radius 2 is 1.92 bits per heavy atom. The number of aromatic nitrogens is 1. The van der Waals surface area contributed by atoms with Gasteiger partial charge >= 0.3 is 0 Å². The molecule has 0 fully saturated rings. The monoisotopic (exact) mass is 340 g/mol. The maximum Gasteiger partial charge on any atom is 0.116 e. The molecule has 1 aromatic heterocycles. The Bertz CT molecular complexity index is 864. The molecular formula is C20H21ClN2O. The number of rotatable bonds is 3. The van der Waals surface area contributed by atoms with Gasteiger partial charge in [-0.2, -0.15) is 0 Å². The van der Waals surface area contributed by atoms with Gasteiger partial charge in [-0.15, -0.1) is 12.4 Å². The Morgan fingerprint density at radius 1 is 1.12 bits per heavy atom. The highest BCUT2D eigenvalue weighted by molar-refractivity contribution is 5.95. The molecule has 4 heteroatoms. The van der Waals surface area contributed by atoms with Gasteiger partial charge in [0.05, 0.1) is 11.2 Å². The molecule has 0 amide bonds. The number of hydrogen-bond donors (Lipinski definition) is 1. The predicted molar refractivity (Wildman–Crippen MR) is 101 cm³/mol. The number of nitrogens with zero attached hydrogens (tertiary/aromatic N) is 2. The van der Waals surface area contributed by atoms with Crippen LogP contribution in [0.1, 0.15) is 16.8 Å². The van der Waals surface area contributed by atoms with Crippen LogP contribution >= 0.6 is 12.4 Å². The van der Waals surface area contributed by atoms with Crippen molar-refractivity contribution in [3.8, 4) is 5.75 Å². The molecule has 0 unspecified atom stereocenters. The number of halogens is 1. The number of aryl methyl sites for hydroxylation is 1. The zero-order valence-electron chi connectivity index (χ0n) is 13.7. The molecule has 4 rings (SSSR count). The molecule has 124 valence electrons. The van der Waals surface area contributed by atoms with Crippen molar-refractivity contribution in [1.29, 1.82) is 0 Å². The van der Waals surface area contributed by atoms with Crippen molar-refractivity contribution in [2.45, 2.75) is 19.8 Å². The Balaban J connectivity index is 0.00000169. The summed E-state index contributed by atoms with van der Waals surface area (Å²) < 4.78 is 0. The topological polar surface area (TPSA) is 36.4 Å². The second-order valence-corrected chi connectivity index (χ2v) is 6.20. The Morgan fingerprint density at radius 3 is 2.71 bits per heavy atom. The van der Waals surface area contributed by atoms with Gasteiger partial charge in [-0.25, -0.2) is 0 Å².